The van der Waals surface area contributed by atoms with Crippen LogP contribution in [0.2, 0.25) is 0 Å². The normalized spacial score (nSPS) is 16.3. The molecule has 0 amide bonds. The molecule has 4 nitrogen and oxygen atoms in total. The Labute approximate surface area is 94.6 Å². The van der Waals surface area contributed by atoms with Crippen LogP contribution in [0.5, 0.6) is 0 Å². The van der Waals surface area contributed by atoms with Gasteiger partial charge in [-0.15, -0.1) is 0 Å². The Bertz CT molecular complexity index is 369. The molecule has 0 aliphatic heterocycles. The van der Waals surface area contributed by atoms with E-state index in [2.05, 4.69) is 0 Å². The first-order chi connectivity index (χ1) is 7.68. The van der Waals surface area contributed by atoms with Gasteiger partial charge in [0.05, 0.1) is 11.3 Å². The number of nitrogens with two attached hydrogens (primary N) is 1. The lowest BCUT2D eigenvalue weighted by Gasteiger charge is -2.25. The highest BCUT2D eigenvalue weighted by molar-refractivity contribution is 5.88. The van der Waals surface area contributed by atoms with Crippen LogP contribution in [0.1, 0.15) is 36.0 Å². The summed E-state index contributed by atoms with van der Waals surface area (Å²) in [5.74, 6) is 5.11. The monoisotopic (exact) mass is 220 g/mol. The van der Waals surface area contributed by atoms with Crippen LogP contribution in [0.25, 0.3) is 0 Å². The van der Waals surface area contributed by atoms with E-state index in [0.717, 1.165) is 18.5 Å². The van der Waals surface area contributed by atoms with E-state index in [0.29, 0.717) is 11.6 Å². The van der Waals surface area contributed by atoms with Crippen molar-refractivity contribution in [1.82, 2.24) is 0 Å². The van der Waals surface area contributed by atoms with Crippen LogP contribution in [-0.2, 0) is 0 Å². The summed E-state index contributed by atoms with van der Waals surface area (Å²) in [5.41, 5.74) is 1.18. The molecule has 0 saturated heterocycles. The topological polar surface area (TPSA) is 66.6 Å². The van der Waals surface area contributed by atoms with Gasteiger partial charge in [-0.05, 0) is 37.1 Å². The first-order valence-corrected chi connectivity index (χ1v) is 5.56. The van der Waals surface area contributed by atoms with Crippen molar-refractivity contribution < 1.29 is 9.90 Å². The predicted molar refractivity (Wildman–Crippen MR) is 62.3 cm³/mol. The highest BCUT2D eigenvalue weighted by atomic mass is 16.4. The van der Waals surface area contributed by atoms with Crippen molar-refractivity contribution in [3.05, 3.63) is 29.8 Å². The van der Waals surface area contributed by atoms with E-state index in [-0.39, 0.29) is 0 Å². The lowest BCUT2D eigenvalue weighted by Crippen LogP contribution is -2.39. The molecule has 0 aromatic heterocycles. The van der Waals surface area contributed by atoms with Crippen molar-refractivity contribution in [2.75, 3.05) is 5.01 Å². The zero-order valence-electron chi connectivity index (χ0n) is 9.10. The molecule has 0 spiro atoms. The predicted octanol–water partition coefficient (Wildman–Crippen LogP) is 2.01. The molecular weight excluding hydrogens is 204 g/mol. The molecule has 16 heavy (non-hydrogen) atoms. The van der Waals surface area contributed by atoms with Crippen LogP contribution in [0.3, 0.4) is 0 Å². The second-order valence-corrected chi connectivity index (χ2v) is 4.20. The minimum Gasteiger partial charge on any atom is -0.478 e. The zero-order valence-corrected chi connectivity index (χ0v) is 9.10. The number of benzene rings is 1. The number of carboxylic acid groups (broad SMARTS) is 1. The lowest BCUT2D eigenvalue weighted by atomic mass is 10.1. The molecule has 1 aromatic carbocycles. The molecule has 1 aliphatic carbocycles. The lowest BCUT2D eigenvalue weighted by molar-refractivity contribution is 0.0697. The van der Waals surface area contributed by atoms with Crippen LogP contribution in [0.4, 0.5) is 5.69 Å². The molecule has 0 heterocycles. The Morgan fingerprint density at radius 2 is 1.81 bits per heavy atom. The number of hydrogen-bond acceptors (Lipinski definition) is 3. The minimum atomic E-state index is -0.906. The summed E-state index contributed by atoms with van der Waals surface area (Å²) in [6.45, 7) is 0. The van der Waals surface area contributed by atoms with E-state index in [1.54, 1.807) is 29.3 Å². The van der Waals surface area contributed by atoms with E-state index in [1.807, 2.05) is 0 Å². The van der Waals surface area contributed by atoms with Crippen molar-refractivity contribution in [3.8, 4) is 0 Å². The molecule has 2 rings (SSSR count). The summed E-state index contributed by atoms with van der Waals surface area (Å²) in [6.07, 6.45) is 4.70. The molecule has 1 aliphatic rings. The highest BCUT2D eigenvalue weighted by Crippen LogP contribution is 2.25. The Hall–Kier alpha value is -1.55. The van der Waals surface area contributed by atoms with Crippen molar-refractivity contribution in [2.45, 2.75) is 31.7 Å². The maximum atomic E-state index is 10.7. The van der Waals surface area contributed by atoms with Gasteiger partial charge in [0, 0.05) is 6.04 Å². The summed E-state index contributed by atoms with van der Waals surface area (Å²) < 4.78 is 0. The summed E-state index contributed by atoms with van der Waals surface area (Å²) in [5, 5.41) is 10.5. The SMILES string of the molecule is NN(c1ccc(C(=O)O)cc1)C1CCCC1. The standard InChI is InChI=1S/C12H16N2O2/c13-14(10-3-1-2-4-10)11-7-5-9(6-8-11)12(15)16/h5-8,10H,1-4,13H2,(H,15,16). The minimum absolute atomic E-state index is 0.295. The second-order valence-electron chi connectivity index (χ2n) is 4.20. The Balaban J connectivity index is 2.11. The van der Waals surface area contributed by atoms with Gasteiger partial charge in [-0.25, -0.2) is 10.6 Å². The molecule has 0 bridgehead atoms. The molecule has 0 unspecified atom stereocenters. The molecule has 4 heteroatoms. The van der Waals surface area contributed by atoms with Crippen LogP contribution in [-0.4, -0.2) is 17.1 Å². The van der Waals surface area contributed by atoms with Crippen LogP contribution in [0.15, 0.2) is 24.3 Å². The van der Waals surface area contributed by atoms with Crippen LogP contribution < -0.4 is 10.9 Å². The first-order valence-electron chi connectivity index (χ1n) is 5.56. The van der Waals surface area contributed by atoms with E-state index in [4.69, 9.17) is 10.9 Å². The van der Waals surface area contributed by atoms with Crippen molar-refractivity contribution in [1.29, 1.82) is 0 Å². The van der Waals surface area contributed by atoms with Crippen LogP contribution in [0, 0.1) is 0 Å². The molecule has 3 N–H and O–H groups in total. The average Bonchev–Trinajstić information content (AvgIpc) is 2.81. The summed E-state index contributed by atoms with van der Waals surface area (Å²) in [6, 6.07) is 7.11. The average molecular weight is 220 g/mol. The van der Waals surface area contributed by atoms with Gasteiger partial charge < -0.3 is 10.1 Å². The van der Waals surface area contributed by atoms with Gasteiger partial charge in [0.1, 0.15) is 0 Å². The third kappa shape index (κ3) is 2.17. The molecule has 1 fully saturated rings. The van der Waals surface area contributed by atoms with Gasteiger partial charge in [0.15, 0.2) is 0 Å². The van der Waals surface area contributed by atoms with Gasteiger partial charge in [-0.1, -0.05) is 12.8 Å². The van der Waals surface area contributed by atoms with E-state index < -0.39 is 5.97 Å². The number of hydrazine groups is 1. The number of hydrogen-bond donors (Lipinski definition) is 2. The maximum absolute atomic E-state index is 10.7. The van der Waals surface area contributed by atoms with E-state index in [1.165, 1.54) is 12.8 Å². The van der Waals surface area contributed by atoms with E-state index >= 15 is 0 Å². The van der Waals surface area contributed by atoms with Gasteiger partial charge in [0.2, 0.25) is 0 Å². The summed E-state index contributed by atoms with van der Waals surface area (Å²) in [4.78, 5) is 10.7. The fourth-order valence-electron chi connectivity index (χ4n) is 2.17. The van der Waals surface area contributed by atoms with Crippen molar-refractivity contribution >= 4 is 11.7 Å². The third-order valence-electron chi connectivity index (χ3n) is 3.13. The maximum Gasteiger partial charge on any atom is 0.335 e. The van der Waals surface area contributed by atoms with Crippen molar-refractivity contribution in [3.63, 3.8) is 0 Å². The molecule has 86 valence electrons. The van der Waals surface area contributed by atoms with Crippen LogP contribution >= 0.6 is 0 Å². The van der Waals surface area contributed by atoms with Gasteiger partial charge >= 0.3 is 5.97 Å². The van der Waals surface area contributed by atoms with Gasteiger partial charge in [-0.3, -0.25) is 0 Å². The smallest absolute Gasteiger partial charge is 0.335 e. The number of aromatic carboxylic acids is 1. The fourth-order valence-corrected chi connectivity index (χ4v) is 2.17. The van der Waals surface area contributed by atoms with Crippen molar-refractivity contribution in [2.24, 2.45) is 5.84 Å². The molecule has 0 radical (unpaired) electrons. The first kappa shape index (κ1) is 11.0. The largest absolute Gasteiger partial charge is 0.478 e. The number of anilines is 1. The molecule has 1 saturated carbocycles. The van der Waals surface area contributed by atoms with Gasteiger partial charge in [0.25, 0.3) is 0 Å². The highest BCUT2D eigenvalue weighted by Gasteiger charge is 2.20. The second kappa shape index (κ2) is 4.53. The molecular formula is C12H16N2O2. The Morgan fingerprint density at radius 3 is 2.31 bits per heavy atom. The summed E-state index contributed by atoms with van der Waals surface area (Å²) in [7, 11) is 0. The third-order valence-corrected chi connectivity index (χ3v) is 3.13. The zero-order chi connectivity index (χ0) is 11.5. The number of carboxylic acids is 1. The Morgan fingerprint density at radius 1 is 1.25 bits per heavy atom. The van der Waals surface area contributed by atoms with E-state index in [9.17, 15) is 4.79 Å². The molecule has 1 aromatic rings. The molecule has 0 atom stereocenters. The quantitative estimate of drug-likeness (QED) is 0.604. The Kier molecular flexibility index (Phi) is 3.10. The number of carbonyl (C=O) groups is 1. The van der Waals surface area contributed by atoms with Gasteiger partial charge in [-0.2, -0.15) is 0 Å². The fraction of sp³-hybridized carbons (Fsp3) is 0.417. The summed E-state index contributed by atoms with van der Waals surface area (Å²) >= 11 is 0. The number of rotatable bonds is 3. The number of nitrogens with zero attached hydrogens (tertiary/aromatic N) is 1.